The monoisotopic (exact) mass is 184 g/mol. The number of hydrogen-bond acceptors (Lipinski definition) is 1. The largest absolute Gasteiger partial charge is 0.376 e. The Bertz CT molecular complexity index is 127. The van der Waals surface area contributed by atoms with Gasteiger partial charge < -0.3 is 4.74 Å². The first-order chi connectivity index (χ1) is 6.08. The molecule has 1 nitrogen and oxygen atoms in total. The summed E-state index contributed by atoms with van der Waals surface area (Å²) in [7, 11) is 0. The fourth-order valence-corrected chi connectivity index (χ4v) is 1.90. The maximum atomic E-state index is 5.82. The third-order valence-electron chi connectivity index (χ3n) is 2.73. The summed E-state index contributed by atoms with van der Waals surface area (Å²) in [6.07, 6.45) is 8.47. The van der Waals surface area contributed by atoms with Crippen molar-refractivity contribution in [3.63, 3.8) is 0 Å². The summed E-state index contributed by atoms with van der Waals surface area (Å²) in [4.78, 5) is 0. The lowest BCUT2D eigenvalue weighted by Crippen LogP contribution is -2.23. The van der Waals surface area contributed by atoms with Crippen molar-refractivity contribution in [2.75, 3.05) is 6.61 Å². The Balaban J connectivity index is 2.19. The summed E-state index contributed by atoms with van der Waals surface area (Å²) in [5.41, 5.74) is 0.0479. The molecule has 1 fully saturated rings. The molecule has 1 saturated carbocycles. The van der Waals surface area contributed by atoms with Crippen LogP contribution >= 0.6 is 0 Å². The molecular formula is C12H24O. The van der Waals surface area contributed by atoms with Gasteiger partial charge in [-0.1, -0.05) is 25.7 Å². The minimum Gasteiger partial charge on any atom is -0.376 e. The third-order valence-corrected chi connectivity index (χ3v) is 2.73. The highest BCUT2D eigenvalue weighted by molar-refractivity contribution is 4.66. The molecule has 0 spiro atoms. The average Bonchev–Trinajstić information content (AvgIpc) is 2.26. The van der Waals surface area contributed by atoms with Gasteiger partial charge in [-0.25, -0.2) is 0 Å². The molecule has 0 aliphatic heterocycles. The van der Waals surface area contributed by atoms with E-state index in [-0.39, 0.29) is 5.60 Å². The summed E-state index contributed by atoms with van der Waals surface area (Å²) in [5, 5.41) is 0. The topological polar surface area (TPSA) is 9.23 Å². The molecule has 0 radical (unpaired) electrons. The number of hydrogen-bond donors (Lipinski definition) is 0. The predicted molar refractivity (Wildman–Crippen MR) is 56.9 cm³/mol. The van der Waals surface area contributed by atoms with Gasteiger partial charge in [0.05, 0.1) is 12.2 Å². The second-order valence-corrected chi connectivity index (χ2v) is 5.28. The van der Waals surface area contributed by atoms with Crippen LogP contribution in [0.15, 0.2) is 0 Å². The maximum absolute atomic E-state index is 5.82. The maximum Gasteiger partial charge on any atom is 0.0598 e. The molecule has 0 N–H and O–H groups in total. The van der Waals surface area contributed by atoms with Crippen molar-refractivity contribution < 1.29 is 4.74 Å². The van der Waals surface area contributed by atoms with Crippen molar-refractivity contribution in [3.8, 4) is 0 Å². The standard InChI is InChI=1S/C12H24O/c1-12(2,3)13-10-11-8-6-4-5-7-9-11/h11H,4-10H2,1-3H3. The van der Waals surface area contributed by atoms with Gasteiger partial charge in [-0.05, 0) is 39.5 Å². The predicted octanol–water partition coefficient (Wildman–Crippen LogP) is 3.77. The van der Waals surface area contributed by atoms with Crippen LogP contribution in [-0.4, -0.2) is 12.2 Å². The molecule has 0 heterocycles. The third kappa shape index (κ3) is 5.30. The molecule has 1 heteroatoms. The van der Waals surface area contributed by atoms with Crippen LogP contribution in [0.3, 0.4) is 0 Å². The van der Waals surface area contributed by atoms with E-state index in [9.17, 15) is 0 Å². The summed E-state index contributed by atoms with van der Waals surface area (Å²) < 4.78 is 5.82. The zero-order chi connectivity index (χ0) is 9.73. The lowest BCUT2D eigenvalue weighted by molar-refractivity contribution is -0.0244. The Morgan fingerprint density at radius 3 is 2.00 bits per heavy atom. The van der Waals surface area contributed by atoms with Gasteiger partial charge in [0.1, 0.15) is 0 Å². The Hall–Kier alpha value is -0.0400. The normalized spacial score (nSPS) is 21.5. The number of ether oxygens (including phenoxy) is 1. The Labute approximate surface area is 82.9 Å². The quantitative estimate of drug-likeness (QED) is 0.594. The molecule has 0 aromatic heterocycles. The molecule has 0 saturated heterocycles. The molecule has 1 aliphatic carbocycles. The van der Waals surface area contributed by atoms with Gasteiger partial charge in [0.25, 0.3) is 0 Å². The molecule has 1 rings (SSSR count). The molecule has 1 aliphatic rings. The summed E-state index contributed by atoms with van der Waals surface area (Å²) in [6, 6.07) is 0. The van der Waals surface area contributed by atoms with E-state index >= 15 is 0 Å². The highest BCUT2D eigenvalue weighted by atomic mass is 16.5. The smallest absolute Gasteiger partial charge is 0.0598 e. The van der Waals surface area contributed by atoms with Crippen LogP contribution in [0, 0.1) is 5.92 Å². The van der Waals surface area contributed by atoms with E-state index < -0.39 is 0 Å². The van der Waals surface area contributed by atoms with Crippen molar-refractivity contribution in [2.45, 2.75) is 64.9 Å². The Morgan fingerprint density at radius 1 is 1.00 bits per heavy atom. The summed E-state index contributed by atoms with van der Waals surface area (Å²) in [6.45, 7) is 7.40. The first kappa shape index (κ1) is 11.0. The molecule has 0 bridgehead atoms. The molecular weight excluding hydrogens is 160 g/mol. The van der Waals surface area contributed by atoms with Gasteiger partial charge in [-0.15, -0.1) is 0 Å². The molecule has 0 amide bonds. The second-order valence-electron chi connectivity index (χ2n) is 5.28. The van der Waals surface area contributed by atoms with Gasteiger partial charge in [-0.3, -0.25) is 0 Å². The van der Waals surface area contributed by atoms with E-state index in [0.29, 0.717) is 0 Å². The molecule has 0 aromatic carbocycles. The highest BCUT2D eigenvalue weighted by Gasteiger charge is 2.16. The fourth-order valence-electron chi connectivity index (χ4n) is 1.90. The van der Waals surface area contributed by atoms with Gasteiger partial charge >= 0.3 is 0 Å². The van der Waals surface area contributed by atoms with E-state index in [0.717, 1.165) is 12.5 Å². The van der Waals surface area contributed by atoms with Crippen molar-refractivity contribution in [3.05, 3.63) is 0 Å². The molecule has 13 heavy (non-hydrogen) atoms. The van der Waals surface area contributed by atoms with Crippen LogP contribution < -0.4 is 0 Å². The van der Waals surface area contributed by atoms with Crippen LogP contribution in [0.4, 0.5) is 0 Å². The lowest BCUT2D eigenvalue weighted by Gasteiger charge is -2.23. The van der Waals surface area contributed by atoms with E-state index in [1.54, 1.807) is 0 Å². The van der Waals surface area contributed by atoms with Gasteiger partial charge in [0.15, 0.2) is 0 Å². The van der Waals surface area contributed by atoms with Crippen molar-refractivity contribution in [1.82, 2.24) is 0 Å². The highest BCUT2D eigenvalue weighted by Crippen LogP contribution is 2.24. The first-order valence-electron chi connectivity index (χ1n) is 5.72. The van der Waals surface area contributed by atoms with Crippen molar-refractivity contribution in [2.24, 2.45) is 5.92 Å². The van der Waals surface area contributed by atoms with Gasteiger partial charge in [0, 0.05) is 0 Å². The molecule has 78 valence electrons. The van der Waals surface area contributed by atoms with Gasteiger partial charge in [-0.2, -0.15) is 0 Å². The van der Waals surface area contributed by atoms with E-state index in [2.05, 4.69) is 20.8 Å². The Kier molecular flexibility index (Phi) is 4.24. The second kappa shape index (κ2) is 4.99. The minimum absolute atomic E-state index is 0.0479. The fraction of sp³-hybridized carbons (Fsp3) is 1.00. The summed E-state index contributed by atoms with van der Waals surface area (Å²) >= 11 is 0. The zero-order valence-corrected chi connectivity index (χ0v) is 9.44. The van der Waals surface area contributed by atoms with Crippen LogP contribution in [0.25, 0.3) is 0 Å². The molecule has 0 unspecified atom stereocenters. The molecule has 0 atom stereocenters. The van der Waals surface area contributed by atoms with Crippen molar-refractivity contribution in [1.29, 1.82) is 0 Å². The van der Waals surface area contributed by atoms with E-state index in [1.807, 2.05) is 0 Å². The SMILES string of the molecule is CC(C)(C)OCC1CCCCCC1. The summed E-state index contributed by atoms with van der Waals surface area (Å²) in [5.74, 6) is 0.835. The van der Waals surface area contributed by atoms with Crippen LogP contribution in [0.2, 0.25) is 0 Å². The zero-order valence-electron chi connectivity index (χ0n) is 9.44. The first-order valence-corrected chi connectivity index (χ1v) is 5.72. The van der Waals surface area contributed by atoms with E-state index in [1.165, 1.54) is 38.5 Å². The Morgan fingerprint density at radius 2 is 1.54 bits per heavy atom. The van der Waals surface area contributed by atoms with Crippen LogP contribution in [0.1, 0.15) is 59.3 Å². The molecule has 0 aromatic rings. The van der Waals surface area contributed by atoms with Gasteiger partial charge in [0.2, 0.25) is 0 Å². The van der Waals surface area contributed by atoms with E-state index in [4.69, 9.17) is 4.74 Å². The average molecular weight is 184 g/mol. The van der Waals surface area contributed by atoms with Crippen LogP contribution in [-0.2, 0) is 4.74 Å². The van der Waals surface area contributed by atoms with Crippen molar-refractivity contribution >= 4 is 0 Å². The van der Waals surface area contributed by atoms with Crippen LogP contribution in [0.5, 0.6) is 0 Å². The number of rotatable bonds is 2. The lowest BCUT2D eigenvalue weighted by atomic mass is 10.0. The minimum atomic E-state index is 0.0479.